The zero-order valence-electron chi connectivity index (χ0n) is 6.14. The lowest BCUT2D eigenvalue weighted by Gasteiger charge is -1.94. The maximum Gasteiger partial charge on any atom is 0.134 e. The first-order valence-corrected chi connectivity index (χ1v) is 4.39. The molecule has 1 N–H and O–H groups in total. The van der Waals surface area contributed by atoms with E-state index >= 15 is 0 Å². The van der Waals surface area contributed by atoms with Crippen LogP contribution in [-0.2, 0) is 0 Å². The number of aromatic hydroxyl groups is 1. The van der Waals surface area contributed by atoms with Gasteiger partial charge >= 0.3 is 0 Å². The van der Waals surface area contributed by atoms with E-state index in [1.165, 1.54) is 12.1 Å². The molecule has 1 aromatic rings. The topological polar surface area (TPSA) is 20.2 Å². The van der Waals surface area contributed by atoms with E-state index in [9.17, 15) is 4.39 Å². The van der Waals surface area contributed by atoms with Crippen molar-refractivity contribution >= 4 is 15.9 Å². The molecule has 0 fully saturated rings. The van der Waals surface area contributed by atoms with Gasteiger partial charge in [-0.25, -0.2) is 4.39 Å². The Bertz CT molecular complexity index is 338. The molecule has 12 heavy (non-hydrogen) atoms. The Morgan fingerprint density at radius 1 is 1.50 bits per heavy atom. The number of phenols is 1. The van der Waals surface area contributed by atoms with Gasteiger partial charge in [0.25, 0.3) is 0 Å². The van der Waals surface area contributed by atoms with Gasteiger partial charge in [-0.3, -0.25) is 0 Å². The number of rotatable bonds is 0. The van der Waals surface area contributed by atoms with Crippen molar-refractivity contribution in [1.82, 2.24) is 0 Å². The second-order valence-electron chi connectivity index (χ2n) is 2.10. The largest absolute Gasteiger partial charge is 0.507 e. The van der Waals surface area contributed by atoms with Crippen molar-refractivity contribution in [2.24, 2.45) is 0 Å². The minimum Gasteiger partial charge on any atom is -0.507 e. The molecule has 0 aromatic heterocycles. The summed E-state index contributed by atoms with van der Waals surface area (Å²) in [6.07, 6.45) is 0. The Labute approximate surface area is 78.4 Å². The highest BCUT2D eigenvalue weighted by molar-refractivity contribution is 9.09. The molecule has 62 valence electrons. The van der Waals surface area contributed by atoms with Crippen molar-refractivity contribution in [2.75, 3.05) is 5.33 Å². The standard InChI is InChI=1S/C9H6BrFO/c10-5-1-2-7-3-4-8(11)6-9(7)12/h3-4,6,12H,5H2. The van der Waals surface area contributed by atoms with Crippen LogP contribution in [0.3, 0.4) is 0 Å². The average Bonchev–Trinajstić information content (AvgIpc) is 2.03. The summed E-state index contributed by atoms with van der Waals surface area (Å²) >= 11 is 3.12. The Kier molecular flexibility index (Phi) is 3.12. The molecule has 0 saturated carbocycles. The van der Waals surface area contributed by atoms with Gasteiger partial charge in [-0.1, -0.05) is 27.8 Å². The van der Waals surface area contributed by atoms with Crippen LogP contribution in [0.5, 0.6) is 5.75 Å². The number of hydrogen-bond acceptors (Lipinski definition) is 1. The van der Waals surface area contributed by atoms with Crippen LogP contribution in [0.4, 0.5) is 4.39 Å². The van der Waals surface area contributed by atoms with Gasteiger partial charge < -0.3 is 5.11 Å². The van der Waals surface area contributed by atoms with E-state index in [4.69, 9.17) is 5.11 Å². The molecule has 0 atom stereocenters. The predicted molar refractivity (Wildman–Crippen MR) is 48.7 cm³/mol. The van der Waals surface area contributed by atoms with Crippen LogP contribution in [-0.4, -0.2) is 10.4 Å². The number of alkyl halides is 1. The lowest BCUT2D eigenvalue weighted by Crippen LogP contribution is -1.79. The molecule has 0 heterocycles. The van der Waals surface area contributed by atoms with Crippen molar-refractivity contribution in [3.8, 4) is 17.6 Å². The molecule has 0 amide bonds. The molecule has 0 saturated heterocycles. The van der Waals surface area contributed by atoms with Gasteiger partial charge in [-0.15, -0.1) is 0 Å². The van der Waals surface area contributed by atoms with Crippen LogP contribution in [0.15, 0.2) is 18.2 Å². The molecule has 0 spiro atoms. The number of halogens is 2. The molecule has 0 aliphatic rings. The average molecular weight is 229 g/mol. The molecule has 0 bridgehead atoms. The van der Waals surface area contributed by atoms with Gasteiger partial charge in [0, 0.05) is 6.07 Å². The maximum atomic E-state index is 12.5. The van der Waals surface area contributed by atoms with E-state index < -0.39 is 5.82 Å². The minimum absolute atomic E-state index is 0.122. The summed E-state index contributed by atoms with van der Waals surface area (Å²) in [7, 11) is 0. The fourth-order valence-corrected chi connectivity index (χ4v) is 0.879. The van der Waals surface area contributed by atoms with Gasteiger partial charge in [-0.05, 0) is 12.1 Å². The highest BCUT2D eigenvalue weighted by atomic mass is 79.9. The fourth-order valence-electron chi connectivity index (χ4n) is 0.739. The Balaban J connectivity index is 3.01. The minimum atomic E-state index is -0.461. The summed E-state index contributed by atoms with van der Waals surface area (Å²) in [6.45, 7) is 0. The third-order valence-corrected chi connectivity index (χ3v) is 1.53. The summed E-state index contributed by atoms with van der Waals surface area (Å²) in [4.78, 5) is 0. The molecule has 0 unspecified atom stereocenters. The van der Waals surface area contributed by atoms with Crippen molar-refractivity contribution in [3.05, 3.63) is 29.6 Å². The van der Waals surface area contributed by atoms with Gasteiger partial charge in [0.05, 0.1) is 10.9 Å². The monoisotopic (exact) mass is 228 g/mol. The first-order valence-electron chi connectivity index (χ1n) is 3.27. The zero-order chi connectivity index (χ0) is 8.97. The van der Waals surface area contributed by atoms with E-state index in [0.717, 1.165) is 6.07 Å². The second kappa shape index (κ2) is 4.13. The molecule has 1 nitrogen and oxygen atoms in total. The molecule has 1 rings (SSSR count). The van der Waals surface area contributed by atoms with Crippen molar-refractivity contribution in [1.29, 1.82) is 0 Å². The Hall–Kier alpha value is -1.01. The van der Waals surface area contributed by atoms with Crippen molar-refractivity contribution < 1.29 is 9.50 Å². The molecule has 0 aliphatic heterocycles. The van der Waals surface area contributed by atoms with E-state index in [1.54, 1.807) is 0 Å². The van der Waals surface area contributed by atoms with Crippen LogP contribution in [0.1, 0.15) is 5.56 Å². The molecule has 3 heteroatoms. The normalized spacial score (nSPS) is 8.83. The molecule has 0 radical (unpaired) electrons. The number of benzene rings is 1. The summed E-state index contributed by atoms with van der Waals surface area (Å²) in [5.74, 6) is 4.80. The molecular weight excluding hydrogens is 223 g/mol. The Morgan fingerprint density at radius 2 is 2.25 bits per heavy atom. The van der Waals surface area contributed by atoms with Crippen LogP contribution in [0.25, 0.3) is 0 Å². The van der Waals surface area contributed by atoms with Gasteiger partial charge in [0.2, 0.25) is 0 Å². The van der Waals surface area contributed by atoms with E-state index in [2.05, 4.69) is 27.8 Å². The van der Waals surface area contributed by atoms with E-state index in [0.29, 0.717) is 10.9 Å². The van der Waals surface area contributed by atoms with Gasteiger partial charge in [0.15, 0.2) is 0 Å². The fraction of sp³-hybridized carbons (Fsp3) is 0.111. The van der Waals surface area contributed by atoms with E-state index in [-0.39, 0.29) is 5.75 Å². The molecule has 0 aliphatic carbocycles. The third kappa shape index (κ3) is 2.24. The highest BCUT2D eigenvalue weighted by Crippen LogP contribution is 2.16. The number of hydrogen-bond donors (Lipinski definition) is 1. The number of phenolic OH excluding ortho intramolecular Hbond substituents is 1. The predicted octanol–water partition coefficient (Wildman–Crippen LogP) is 2.28. The van der Waals surface area contributed by atoms with Crippen molar-refractivity contribution in [3.63, 3.8) is 0 Å². The second-order valence-corrected chi connectivity index (χ2v) is 2.66. The first-order chi connectivity index (χ1) is 5.74. The van der Waals surface area contributed by atoms with Crippen LogP contribution >= 0.6 is 15.9 Å². The van der Waals surface area contributed by atoms with Gasteiger partial charge in [0.1, 0.15) is 11.6 Å². The Morgan fingerprint density at radius 3 is 2.83 bits per heavy atom. The smallest absolute Gasteiger partial charge is 0.134 e. The molecular formula is C9H6BrFO. The summed E-state index contributed by atoms with van der Waals surface area (Å²) in [5, 5.41) is 9.69. The van der Waals surface area contributed by atoms with E-state index in [1.807, 2.05) is 0 Å². The van der Waals surface area contributed by atoms with Crippen LogP contribution in [0, 0.1) is 17.7 Å². The maximum absolute atomic E-state index is 12.5. The van der Waals surface area contributed by atoms with Crippen LogP contribution in [0.2, 0.25) is 0 Å². The first kappa shape index (κ1) is 9.08. The summed E-state index contributed by atoms with van der Waals surface area (Å²) in [6, 6.07) is 3.75. The van der Waals surface area contributed by atoms with Crippen molar-refractivity contribution in [2.45, 2.75) is 0 Å². The quantitative estimate of drug-likeness (QED) is 0.534. The summed E-state index contributed by atoms with van der Waals surface area (Å²) in [5.41, 5.74) is 0.441. The lowest BCUT2D eigenvalue weighted by molar-refractivity contribution is 0.467. The van der Waals surface area contributed by atoms with Gasteiger partial charge in [-0.2, -0.15) is 0 Å². The lowest BCUT2D eigenvalue weighted by atomic mass is 10.2. The zero-order valence-corrected chi connectivity index (χ0v) is 7.73. The third-order valence-electron chi connectivity index (χ3n) is 1.25. The van der Waals surface area contributed by atoms with Crippen LogP contribution < -0.4 is 0 Å². The SMILES string of the molecule is Oc1cc(F)ccc1C#CCBr. The summed E-state index contributed by atoms with van der Waals surface area (Å²) < 4.78 is 12.5. The molecule has 1 aromatic carbocycles. The highest BCUT2D eigenvalue weighted by Gasteiger charge is 1.97.